The van der Waals surface area contributed by atoms with Gasteiger partial charge < -0.3 is 9.84 Å². The van der Waals surface area contributed by atoms with Crippen LogP contribution in [0.5, 0.6) is 11.5 Å². The highest BCUT2D eigenvalue weighted by Gasteiger charge is 2.26. The van der Waals surface area contributed by atoms with E-state index in [4.69, 9.17) is 4.74 Å². The third-order valence-electron chi connectivity index (χ3n) is 4.82. The van der Waals surface area contributed by atoms with Crippen LogP contribution in [0, 0.1) is 6.92 Å². The van der Waals surface area contributed by atoms with Crippen molar-refractivity contribution in [3.05, 3.63) is 45.6 Å². The fourth-order valence-corrected chi connectivity index (χ4v) is 4.66. The number of aromatic hydroxyl groups is 1. The third-order valence-corrected chi connectivity index (χ3v) is 5.94. The Hall–Kier alpha value is -1.52. The van der Waals surface area contributed by atoms with Crippen LogP contribution >= 0.6 is 11.3 Å². The molecule has 4 heteroatoms. The van der Waals surface area contributed by atoms with E-state index in [1.54, 1.807) is 0 Å². The molecule has 1 aromatic carbocycles. The highest BCUT2D eigenvalue weighted by atomic mass is 32.1. The number of phenolic OH excluding ortho intramolecular Hbond substituents is 1. The van der Waals surface area contributed by atoms with E-state index in [1.165, 1.54) is 36.1 Å². The predicted molar refractivity (Wildman–Crippen MR) is 100.0 cm³/mol. The number of para-hydroxylation sites is 1. The van der Waals surface area contributed by atoms with E-state index < -0.39 is 0 Å². The quantitative estimate of drug-likeness (QED) is 0.800. The fourth-order valence-electron chi connectivity index (χ4n) is 3.57. The second-order valence-corrected chi connectivity index (χ2v) is 7.45. The molecule has 0 spiro atoms. The minimum Gasteiger partial charge on any atom is -0.504 e. The molecule has 3 rings (SSSR count). The van der Waals surface area contributed by atoms with Crippen molar-refractivity contribution in [1.29, 1.82) is 0 Å². The number of nitrogens with zero attached hydrogens (tertiary/aromatic N) is 1. The zero-order chi connectivity index (χ0) is 16.9. The van der Waals surface area contributed by atoms with E-state index in [0.717, 1.165) is 18.7 Å². The van der Waals surface area contributed by atoms with Gasteiger partial charge in [0.25, 0.3) is 0 Å². The number of ether oxygens (including phenoxy) is 1. The van der Waals surface area contributed by atoms with E-state index in [1.807, 2.05) is 36.5 Å². The maximum atomic E-state index is 10.5. The summed E-state index contributed by atoms with van der Waals surface area (Å²) in [5, 5.41) is 12.7. The van der Waals surface area contributed by atoms with Crippen molar-refractivity contribution < 1.29 is 9.84 Å². The van der Waals surface area contributed by atoms with Crippen LogP contribution in [-0.4, -0.2) is 23.2 Å². The largest absolute Gasteiger partial charge is 0.504 e. The van der Waals surface area contributed by atoms with E-state index in [0.29, 0.717) is 24.1 Å². The van der Waals surface area contributed by atoms with Crippen molar-refractivity contribution in [3.63, 3.8) is 0 Å². The number of thiophene rings is 1. The van der Waals surface area contributed by atoms with E-state index >= 15 is 0 Å². The maximum absolute atomic E-state index is 10.5. The molecule has 24 heavy (non-hydrogen) atoms. The number of hydrogen-bond donors (Lipinski definition) is 1. The summed E-state index contributed by atoms with van der Waals surface area (Å²) in [4.78, 5) is 4.02. The zero-order valence-corrected chi connectivity index (χ0v) is 15.4. The minimum absolute atomic E-state index is 0.297. The monoisotopic (exact) mass is 345 g/mol. The van der Waals surface area contributed by atoms with Crippen LogP contribution in [0.3, 0.4) is 0 Å². The van der Waals surface area contributed by atoms with Gasteiger partial charge >= 0.3 is 0 Å². The molecule has 0 aliphatic carbocycles. The predicted octanol–water partition coefficient (Wildman–Crippen LogP) is 5.28. The lowest BCUT2D eigenvalue weighted by Gasteiger charge is -2.30. The van der Waals surface area contributed by atoms with Gasteiger partial charge in [-0.05, 0) is 56.3 Å². The van der Waals surface area contributed by atoms with Crippen LogP contribution in [0.15, 0.2) is 29.6 Å². The molecule has 0 amide bonds. The summed E-state index contributed by atoms with van der Waals surface area (Å²) in [7, 11) is 0. The molecule has 1 aliphatic heterocycles. The first-order chi connectivity index (χ1) is 11.7. The Morgan fingerprint density at radius 3 is 2.88 bits per heavy atom. The van der Waals surface area contributed by atoms with Gasteiger partial charge in [0.05, 0.1) is 6.61 Å². The van der Waals surface area contributed by atoms with Gasteiger partial charge in [-0.15, -0.1) is 11.3 Å². The van der Waals surface area contributed by atoms with Crippen LogP contribution in [-0.2, 0) is 6.54 Å². The number of hydrogen-bond acceptors (Lipinski definition) is 4. The molecule has 0 bridgehead atoms. The highest BCUT2D eigenvalue weighted by molar-refractivity contribution is 7.10. The summed E-state index contributed by atoms with van der Waals surface area (Å²) in [6.07, 6.45) is 5.01. The Kier molecular flexibility index (Phi) is 5.80. The Balaban J connectivity index is 1.86. The van der Waals surface area contributed by atoms with Gasteiger partial charge in [0.2, 0.25) is 0 Å². The molecule has 3 nitrogen and oxygen atoms in total. The molecule has 1 aromatic heterocycles. The van der Waals surface area contributed by atoms with Crippen LogP contribution in [0.4, 0.5) is 0 Å². The van der Waals surface area contributed by atoms with Crippen molar-refractivity contribution in [2.45, 2.75) is 52.1 Å². The van der Waals surface area contributed by atoms with Crippen molar-refractivity contribution in [3.8, 4) is 11.5 Å². The molecule has 0 unspecified atom stereocenters. The molecular formula is C20H27NO2S. The summed E-state index contributed by atoms with van der Waals surface area (Å²) in [6, 6.07) is 8.51. The molecular weight excluding hydrogens is 318 g/mol. The normalized spacial score (nSPS) is 19.2. The maximum Gasteiger partial charge on any atom is 0.162 e. The Labute approximate surface area is 148 Å². The molecule has 1 N–H and O–H groups in total. The fraction of sp³-hybridized carbons (Fsp3) is 0.500. The minimum atomic E-state index is 0.297. The topological polar surface area (TPSA) is 32.7 Å². The van der Waals surface area contributed by atoms with Gasteiger partial charge in [-0.3, -0.25) is 4.90 Å². The molecule has 1 saturated heterocycles. The summed E-state index contributed by atoms with van der Waals surface area (Å²) < 4.78 is 5.54. The Morgan fingerprint density at radius 2 is 2.12 bits per heavy atom. The van der Waals surface area contributed by atoms with Crippen LogP contribution in [0.2, 0.25) is 0 Å². The van der Waals surface area contributed by atoms with E-state index in [2.05, 4.69) is 23.3 Å². The number of aryl methyl sites for hydroxylation is 1. The van der Waals surface area contributed by atoms with E-state index in [9.17, 15) is 5.11 Å². The molecule has 1 aliphatic rings. The lowest BCUT2D eigenvalue weighted by Crippen LogP contribution is -2.28. The summed E-state index contributed by atoms with van der Waals surface area (Å²) >= 11 is 1.87. The molecule has 2 aromatic rings. The number of phenols is 1. The van der Waals surface area contributed by atoms with Crippen molar-refractivity contribution in [1.82, 2.24) is 4.90 Å². The summed E-state index contributed by atoms with van der Waals surface area (Å²) in [5.74, 6) is 0.888. The first kappa shape index (κ1) is 17.3. The van der Waals surface area contributed by atoms with Crippen LogP contribution in [0.25, 0.3) is 0 Å². The molecule has 130 valence electrons. The average molecular weight is 346 g/mol. The lowest BCUT2D eigenvalue weighted by atomic mass is 10.0. The summed E-state index contributed by atoms with van der Waals surface area (Å²) in [5.41, 5.74) is 2.35. The van der Waals surface area contributed by atoms with Crippen molar-refractivity contribution >= 4 is 11.3 Å². The Morgan fingerprint density at radius 1 is 1.25 bits per heavy atom. The van der Waals surface area contributed by atoms with Gasteiger partial charge in [-0.25, -0.2) is 0 Å². The van der Waals surface area contributed by atoms with Gasteiger partial charge in [0, 0.05) is 23.0 Å². The average Bonchev–Trinajstić information content (AvgIpc) is 2.86. The van der Waals surface area contributed by atoms with Crippen LogP contribution < -0.4 is 4.74 Å². The number of rotatable bonds is 5. The highest BCUT2D eigenvalue weighted by Crippen LogP contribution is 2.38. The van der Waals surface area contributed by atoms with Crippen LogP contribution in [0.1, 0.15) is 54.7 Å². The van der Waals surface area contributed by atoms with Gasteiger partial charge in [-0.1, -0.05) is 25.0 Å². The first-order valence-corrected chi connectivity index (χ1v) is 9.80. The lowest BCUT2D eigenvalue weighted by molar-refractivity contribution is 0.192. The Bertz CT molecular complexity index is 667. The van der Waals surface area contributed by atoms with Gasteiger partial charge in [0.15, 0.2) is 11.5 Å². The second-order valence-electron chi connectivity index (χ2n) is 6.50. The third kappa shape index (κ3) is 3.76. The smallest absolute Gasteiger partial charge is 0.162 e. The van der Waals surface area contributed by atoms with Crippen molar-refractivity contribution in [2.24, 2.45) is 0 Å². The number of benzene rings is 1. The first-order valence-electron chi connectivity index (χ1n) is 8.92. The second kappa shape index (κ2) is 8.04. The molecule has 1 atom stereocenters. The van der Waals surface area contributed by atoms with Gasteiger partial charge in [0.1, 0.15) is 0 Å². The molecule has 1 fully saturated rings. The SMILES string of the molecule is CCOc1cccc(CN2CCCCC[C@@H]2c2sccc2C)c1O. The number of likely N-dealkylation sites (tertiary alicyclic amines) is 1. The van der Waals surface area contributed by atoms with Crippen molar-refractivity contribution in [2.75, 3.05) is 13.2 Å². The summed E-state index contributed by atoms with van der Waals surface area (Å²) in [6.45, 7) is 6.57. The van der Waals surface area contributed by atoms with E-state index in [-0.39, 0.29) is 0 Å². The van der Waals surface area contributed by atoms with Gasteiger partial charge in [-0.2, -0.15) is 0 Å². The molecule has 0 saturated carbocycles. The molecule has 0 radical (unpaired) electrons. The molecule has 2 heterocycles. The standard InChI is InChI=1S/C20H27NO2S/c1-3-23-18-10-7-8-16(19(18)22)14-21-12-6-4-5-9-17(21)20-15(2)11-13-24-20/h7-8,10-11,13,17,22H,3-6,9,12,14H2,1-2H3/t17-/m1/s1. The zero-order valence-electron chi connectivity index (χ0n) is 14.6.